The SMILES string of the molecule is CCOc1ccc(CN=C(N)NC2CCCCCC2)cc1F.I. The first-order chi connectivity index (χ1) is 10.7. The topological polar surface area (TPSA) is 59.6 Å². The van der Waals surface area contributed by atoms with Crippen molar-refractivity contribution in [1.82, 2.24) is 5.32 Å². The Morgan fingerprint density at radius 3 is 2.61 bits per heavy atom. The predicted molar refractivity (Wildman–Crippen MR) is 103 cm³/mol. The van der Waals surface area contributed by atoms with Gasteiger partial charge in [0.05, 0.1) is 13.2 Å². The number of guanidine groups is 1. The zero-order chi connectivity index (χ0) is 15.8. The van der Waals surface area contributed by atoms with Gasteiger partial charge in [-0.3, -0.25) is 0 Å². The second kappa shape index (κ2) is 10.7. The maximum Gasteiger partial charge on any atom is 0.189 e. The van der Waals surface area contributed by atoms with E-state index in [1.807, 2.05) is 13.0 Å². The van der Waals surface area contributed by atoms with Crippen LogP contribution in [0.25, 0.3) is 0 Å². The molecule has 0 heterocycles. The van der Waals surface area contributed by atoms with E-state index in [1.165, 1.54) is 31.7 Å². The number of hydrogen-bond donors (Lipinski definition) is 2. The van der Waals surface area contributed by atoms with Gasteiger partial charge in [-0.1, -0.05) is 31.7 Å². The lowest BCUT2D eigenvalue weighted by Crippen LogP contribution is -2.39. The lowest BCUT2D eigenvalue weighted by molar-refractivity contribution is 0.321. The summed E-state index contributed by atoms with van der Waals surface area (Å²) in [6.07, 6.45) is 7.40. The minimum absolute atomic E-state index is 0. The van der Waals surface area contributed by atoms with Crippen LogP contribution in [0.15, 0.2) is 23.2 Å². The van der Waals surface area contributed by atoms with E-state index < -0.39 is 0 Å². The van der Waals surface area contributed by atoms with Crippen LogP contribution in [0.3, 0.4) is 0 Å². The van der Waals surface area contributed by atoms with Crippen LogP contribution in [-0.4, -0.2) is 18.6 Å². The molecule has 0 aliphatic heterocycles. The zero-order valence-corrected chi connectivity index (χ0v) is 16.0. The summed E-state index contributed by atoms with van der Waals surface area (Å²) >= 11 is 0. The summed E-state index contributed by atoms with van der Waals surface area (Å²) in [5.74, 6) is 0.367. The minimum atomic E-state index is -0.357. The van der Waals surface area contributed by atoms with Crippen LogP contribution in [0.4, 0.5) is 4.39 Å². The first-order valence-corrected chi connectivity index (χ1v) is 8.16. The van der Waals surface area contributed by atoms with Gasteiger partial charge in [0.1, 0.15) is 0 Å². The second-order valence-corrected chi connectivity index (χ2v) is 5.73. The van der Waals surface area contributed by atoms with Crippen molar-refractivity contribution in [1.29, 1.82) is 0 Å². The standard InChI is InChI=1S/C17H26FN3O.HI/c1-2-22-16-10-9-13(11-15(16)18)12-20-17(19)21-14-7-5-3-4-6-8-14;/h9-11,14H,2-8,12H2,1H3,(H3,19,20,21);1H. The summed E-state index contributed by atoms with van der Waals surface area (Å²) in [6.45, 7) is 2.65. The molecule has 4 nitrogen and oxygen atoms in total. The van der Waals surface area contributed by atoms with Crippen LogP contribution in [0, 0.1) is 5.82 Å². The van der Waals surface area contributed by atoms with Gasteiger partial charge in [-0.2, -0.15) is 0 Å². The first kappa shape index (κ1) is 20.0. The molecule has 0 amide bonds. The van der Waals surface area contributed by atoms with Crippen molar-refractivity contribution in [3.05, 3.63) is 29.6 Å². The Balaban J connectivity index is 0.00000264. The Morgan fingerprint density at radius 1 is 1.30 bits per heavy atom. The summed E-state index contributed by atoms with van der Waals surface area (Å²) in [4.78, 5) is 4.31. The van der Waals surface area contributed by atoms with Crippen molar-refractivity contribution in [3.63, 3.8) is 0 Å². The molecular formula is C17H27FIN3O. The molecule has 6 heteroatoms. The molecule has 0 radical (unpaired) electrons. The molecule has 23 heavy (non-hydrogen) atoms. The maximum atomic E-state index is 13.8. The number of aliphatic imine (C=N–C) groups is 1. The molecule has 0 aromatic heterocycles. The number of rotatable bonds is 5. The van der Waals surface area contributed by atoms with Crippen LogP contribution in [0.1, 0.15) is 51.0 Å². The van der Waals surface area contributed by atoms with Crippen LogP contribution in [0.5, 0.6) is 5.75 Å². The summed E-state index contributed by atoms with van der Waals surface area (Å²) in [6, 6.07) is 5.33. The smallest absolute Gasteiger partial charge is 0.189 e. The predicted octanol–water partition coefficient (Wildman–Crippen LogP) is 3.97. The molecular weight excluding hydrogens is 408 g/mol. The molecule has 1 aromatic rings. The fraction of sp³-hybridized carbons (Fsp3) is 0.588. The highest BCUT2D eigenvalue weighted by Crippen LogP contribution is 2.19. The quantitative estimate of drug-likeness (QED) is 0.319. The van der Waals surface area contributed by atoms with Gasteiger partial charge in [0.15, 0.2) is 17.5 Å². The summed E-state index contributed by atoms with van der Waals surface area (Å²) in [5.41, 5.74) is 6.72. The second-order valence-electron chi connectivity index (χ2n) is 5.73. The van der Waals surface area contributed by atoms with Crippen LogP contribution in [-0.2, 0) is 6.54 Å². The number of ether oxygens (including phenoxy) is 1. The van der Waals surface area contributed by atoms with Gasteiger partial charge in [-0.25, -0.2) is 9.38 Å². The molecule has 130 valence electrons. The van der Waals surface area contributed by atoms with Gasteiger partial charge in [-0.15, -0.1) is 24.0 Å². The number of nitrogens with zero attached hydrogens (tertiary/aromatic N) is 1. The molecule has 3 N–H and O–H groups in total. The molecule has 0 bridgehead atoms. The van der Waals surface area contributed by atoms with Crippen molar-refractivity contribution in [2.45, 2.75) is 58.0 Å². The molecule has 0 unspecified atom stereocenters. The van der Waals surface area contributed by atoms with Crippen molar-refractivity contribution >= 4 is 29.9 Å². The molecule has 2 rings (SSSR count). The summed E-state index contributed by atoms with van der Waals surface area (Å²) in [7, 11) is 0. The molecule has 1 saturated carbocycles. The fourth-order valence-electron chi connectivity index (χ4n) is 2.77. The van der Waals surface area contributed by atoms with E-state index >= 15 is 0 Å². The van der Waals surface area contributed by atoms with Crippen LogP contribution in [0.2, 0.25) is 0 Å². The van der Waals surface area contributed by atoms with Gasteiger partial charge >= 0.3 is 0 Å². The highest BCUT2D eigenvalue weighted by molar-refractivity contribution is 14.0. The monoisotopic (exact) mass is 435 g/mol. The summed E-state index contributed by atoms with van der Waals surface area (Å²) < 4.78 is 18.9. The van der Waals surface area contributed by atoms with E-state index in [4.69, 9.17) is 10.5 Å². The Hall–Kier alpha value is -1.05. The number of nitrogens with two attached hydrogens (primary N) is 1. The average molecular weight is 435 g/mol. The van der Waals surface area contributed by atoms with Gasteiger partial charge in [-0.05, 0) is 37.5 Å². The van der Waals surface area contributed by atoms with E-state index in [1.54, 1.807) is 6.07 Å². The number of nitrogens with one attached hydrogen (secondary N) is 1. The normalized spacial score (nSPS) is 16.3. The van der Waals surface area contributed by atoms with Crippen molar-refractivity contribution in [2.24, 2.45) is 10.7 Å². The molecule has 0 atom stereocenters. The Kier molecular flexibility index (Phi) is 9.28. The number of hydrogen-bond acceptors (Lipinski definition) is 2. The average Bonchev–Trinajstić information content (AvgIpc) is 2.76. The summed E-state index contributed by atoms with van der Waals surface area (Å²) in [5, 5.41) is 3.28. The Labute approximate surface area is 155 Å². The number of benzene rings is 1. The van der Waals surface area contributed by atoms with E-state index in [0.717, 1.165) is 18.4 Å². The Morgan fingerprint density at radius 2 is 2.00 bits per heavy atom. The first-order valence-electron chi connectivity index (χ1n) is 8.16. The third-order valence-corrected chi connectivity index (χ3v) is 3.94. The number of halogens is 2. The molecule has 1 aliphatic carbocycles. The van der Waals surface area contributed by atoms with Crippen molar-refractivity contribution in [2.75, 3.05) is 6.61 Å². The highest BCUT2D eigenvalue weighted by Gasteiger charge is 2.12. The molecule has 1 fully saturated rings. The molecule has 0 spiro atoms. The van der Waals surface area contributed by atoms with E-state index in [-0.39, 0.29) is 35.5 Å². The Bertz CT molecular complexity index is 503. The lowest BCUT2D eigenvalue weighted by atomic mass is 10.1. The van der Waals surface area contributed by atoms with E-state index in [2.05, 4.69) is 10.3 Å². The van der Waals surface area contributed by atoms with Gasteiger partial charge in [0.2, 0.25) is 0 Å². The van der Waals surface area contributed by atoms with E-state index in [9.17, 15) is 4.39 Å². The maximum absolute atomic E-state index is 13.8. The highest BCUT2D eigenvalue weighted by atomic mass is 127. The third-order valence-electron chi connectivity index (χ3n) is 3.94. The van der Waals surface area contributed by atoms with Crippen molar-refractivity contribution < 1.29 is 9.13 Å². The van der Waals surface area contributed by atoms with Crippen molar-refractivity contribution in [3.8, 4) is 5.75 Å². The minimum Gasteiger partial charge on any atom is -0.491 e. The zero-order valence-electron chi connectivity index (χ0n) is 13.7. The molecule has 1 aromatic carbocycles. The molecule has 0 saturated heterocycles. The van der Waals surface area contributed by atoms with E-state index in [0.29, 0.717) is 25.2 Å². The van der Waals surface area contributed by atoms with Crippen LogP contribution >= 0.6 is 24.0 Å². The van der Waals surface area contributed by atoms with Crippen LogP contribution < -0.4 is 15.8 Å². The van der Waals surface area contributed by atoms with Gasteiger partial charge < -0.3 is 15.8 Å². The fourth-order valence-corrected chi connectivity index (χ4v) is 2.77. The third kappa shape index (κ3) is 6.93. The van der Waals surface area contributed by atoms with Gasteiger partial charge in [0.25, 0.3) is 0 Å². The lowest BCUT2D eigenvalue weighted by Gasteiger charge is -2.16. The largest absolute Gasteiger partial charge is 0.491 e. The van der Waals surface area contributed by atoms with Gasteiger partial charge in [0, 0.05) is 6.04 Å². The molecule has 1 aliphatic rings.